The number of nitrogens with two attached hydrogens (primary N) is 2. The van der Waals surface area contributed by atoms with Gasteiger partial charge in [-0.3, -0.25) is 3.93 Å². The average molecular weight is 420 g/mol. The summed E-state index contributed by atoms with van der Waals surface area (Å²) in [5.74, 6) is 0.915. The van der Waals surface area contributed by atoms with Crippen molar-refractivity contribution in [1.82, 2.24) is 9.97 Å². The molecule has 0 atom stereocenters. The van der Waals surface area contributed by atoms with Crippen molar-refractivity contribution in [3.63, 3.8) is 0 Å². The van der Waals surface area contributed by atoms with Gasteiger partial charge >= 0.3 is 0 Å². The van der Waals surface area contributed by atoms with E-state index in [1.807, 2.05) is 64.6 Å². The summed E-state index contributed by atoms with van der Waals surface area (Å²) in [6, 6.07) is 21.9. The first kappa shape index (κ1) is 17.3. The molecule has 0 saturated carbocycles. The maximum atomic E-state index is 5.99. The van der Waals surface area contributed by atoms with E-state index in [4.69, 9.17) is 11.5 Å². The van der Waals surface area contributed by atoms with Gasteiger partial charge in [0.05, 0.1) is 27.4 Å². The van der Waals surface area contributed by atoms with Crippen LogP contribution >= 0.6 is 16.1 Å². The van der Waals surface area contributed by atoms with Crippen molar-refractivity contribution in [3.8, 4) is 11.1 Å². The van der Waals surface area contributed by atoms with E-state index in [0.29, 0.717) is 5.82 Å². The van der Waals surface area contributed by atoms with Gasteiger partial charge in [-0.15, -0.1) is 0 Å². The number of nitrogens with zero attached hydrogens (tertiary/aromatic N) is 3. The molecule has 0 saturated heterocycles. The van der Waals surface area contributed by atoms with Crippen LogP contribution in [0.25, 0.3) is 22.0 Å². The monoisotopic (exact) mass is 419 g/mol. The molecule has 0 spiro atoms. The van der Waals surface area contributed by atoms with Gasteiger partial charge in [0, 0.05) is 11.1 Å². The molecular weight excluding hydrogens is 402 g/mol. The lowest BCUT2D eigenvalue weighted by atomic mass is 9.98. The number of halogens is 1. The predicted octanol–water partition coefficient (Wildman–Crippen LogP) is 5.22. The molecule has 27 heavy (non-hydrogen) atoms. The summed E-state index contributed by atoms with van der Waals surface area (Å²) in [6.45, 7) is 2.07. The molecule has 5 nitrogen and oxygen atoms in total. The van der Waals surface area contributed by atoms with Crippen LogP contribution < -0.4 is 15.4 Å². The SMILES string of the molecule is Cc1ccc(N)cc1-c1ccc2nc(N)nc(N(Br)c3ccccc3)c2c1. The first-order valence-corrected chi connectivity index (χ1v) is 9.18. The molecule has 0 amide bonds. The van der Waals surface area contributed by atoms with Crippen molar-refractivity contribution in [2.24, 2.45) is 0 Å². The topological polar surface area (TPSA) is 81.1 Å². The highest BCUT2D eigenvalue weighted by molar-refractivity contribution is 9.10. The molecule has 0 radical (unpaired) electrons. The average Bonchev–Trinajstić information content (AvgIpc) is 2.69. The number of hydrogen-bond donors (Lipinski definition) is 2. The Kier molecular flexibility index (Phi) is 4.41. The van der Waals surface area contributed by atoms with E-state index in [1.54, 1.807) is 0 Å². The van der Waals surface area contributed by atoms with Crippen molar-refractivity contribution in [3.05, 3.63) is 72.3 Å². The molecule has 0 unspecified atom stereocenters. The van der Waals surface area contributed by atoms with E-state index >= 15 is 0 Å². The summed E-state index contributed by atoms with van der Waals surface area (Å²) in [7, 11) is 0. The van der Waals surface area contributed by atoms with E-state index in [-0.39, 0.29) is 5.95 Å². The van der Waals surface area contributed by atoms with Gasteiger partial charge in [0.2, 0.25) is 5.95 Å². The smallest absolute Gasteiger partial charge is 0.222 e. The minimum atomic E-state index is 0.228. The number of aromatic nitrogens is 2. The van der Waals surface area contributed by atoms with Gasteiger partial charge < -0.3 is 11.5 Å². The summed E-state index contributed by atoms with van der Waals surface area (Å²) in [5, 5.41) is 0.893. The number of para-hydroxylation sites is 1. The van der Waals surface area contributed by atoms with Gasteiger partial charge in [-0.05, 0) is 60.0 Å². The Hall–Kier alpha value is -3.12. The van der Waals surface area contributed by atoms with Gasteiger partial charge in [0.15, 0.2) is 5.82 Å². The molecule has 0 fully saturated rings. The first-order valence-electron chi connectivity index (χ1n) is 8.47. The number of rotatable bonds is 3. The van der Waals surface area contributed by atoms with Crippen LogP contribution in [0.15, 0.2) is 66.7 Å². The lowest BCUT2D eigenvalue weighted by Gasteiger charge is -2.18. The van der Waals surface area contributed by atoms with E-state index in [1.165, 1.54) is 0 Å². The van der Waals surface area contributed by atoms with Crippen LogP contribution in [0.1, 0.15) is 5.56 Å². The van der Waals surface area contributed by atoms with Crippen LogP contribution in [0.3, 0.4) is 0 Å². The maximum Gasteiger partial charge on any atom is 0.222 e. The zero-order chi connectivity index (χ0) is 19.0. The third-order valence-electron chi connectivity index (χ3n) is 4.43. The Morgan fingerprint density at radius 2 is 1.67 bits per heavy atom. The summed E-state index contributed by atoms with van der Waals surface area (Å²) in [6.07, 6.45) is 0. The number of nitrogen functional groups attached to an aromatic ring is 2. The van der Waals surface area contributed by atoms with Crippen LogP contribution in [-0.2, 0) is 0 Å². The number of aryl methyl sites for hydroxylation is 1. The van der Waals surface area contributed by atoms with Crippen LogP contribution in [-0.4, -0.2) is 9.97 Å². The Labute approximate surface area is 166 Å². The Balaban J connectivity index is 1.92. The normalized spacial score (nSPS) is 10.9. The molecule has 4 rings (SSSR count). The van der Waals surface area contributed by atoms with Crippen molar-refractivity contribution in [1.29, 1.82) is 0 Å². The molecule has 6 heteroatoms. The van der Waals surface area contributed by atoms with Crippen molar-refractivity contribution in [2.75, 3.05) is 15.4 Å². The lowest BCUT2D eigenvalue weighted by molar-refractivity contribution is 1.21. The van der Waals surface area contributed by atoms with E-state index < -0.39 is 0 Å². The van der Waals surface area contributed by atoms with Crippen molar-refractivity contribution in [2.45, 2.75) is 6.92 Å². The van der Waals surface area contributed by atoms with Crippen LogP contribution in [0.2, 0.25) is 0 Å². The summed E-state index contributed by atoms with van der Waals surface area (Å²) < 4.78 is 1.84. The molecule has 1 heterocycles. The lowest BCUT2D eigenvalue weighted by Crippen LogP contribution is -2.07. The Morgan fingerprint density at radius 3 is 2.44 bits per heavy atom. The van der Waals surface area contributed by atoms with Crippen LogP contribution in [0, 0.1) is 6.92 Å². The van der Waals surface area contributed by atoms with Gasteiger partial charge in [-0.2, -0.15) is 4.98 Å². The second-order valence-electron chi connectivity index (χ2n) is 6.33. The molecule has 4 aromatic rings. The van der Waals surface area contributed by atoms with Crippen molar-refractivity contribution < 1.29 is 0 Å². The van der Waals surface area contributed by atoms with Crippen LogP contribution in [0.4, 0.5) is 23.1 Å². The zero-order valence-corrected chi connectivity index (χ0v) is 16.3. The molecule has 1 aromatic heterocycles. The minimum absolute atomic E-state index is 0.228. The van der Waals surface area contributed by atoms with Gasteiger partial charge in [0.25, 0.3) is 0 Å². The van der Waals surface area contributed by atoms with Crippen LogP contribution in [0.5, 0.6) is 0 Å². The standard InChI is InChI=1S/C21H18BrN5/c1-13-7-9-15(23)12-17(13)14-8-10-19-18(11-14)20(26-21(24)25-19)27(22)16-5-3-2-4-6-16/h2-12H,23H2,1H3,(H2,24,25,26). The quantitative estimate of drug-likeness (QED) is 0.351. The fourth-order valence-corrected chi connectivity index (χ4v) is 3.59. The van der Waals surface area contributed by atoms with E-state index in [2.05, 4.69) is 39.1 Å². The van der Waals surface area contributed by atoms with Gasteiger partial charge in [0.1, 0.15) is 0 Å². The second kappa shape index (κ2) is 6.89. The molecular formula is C21H18BrN5. The molecule has 0 aliphatic heterocycles. The molecule has 0 aliphatic carbocycles. The largest absolute Gasteiger partial charge is 0.399 e. The van der Waals surface area contributed by atoms with E-state index in [9.17, 15) is 0 Å². The first-order chi connectivity index (χ1) is 13.0. The Bertz CT molecular complexity index is 1130. The van der Waals surface area contributed by atoms with Gasteiger partial charge in [-0.25, -0.2) is 4.98 Å². The fraction of sp³-hybridized carbons (Fsp3) is 0.0476. The highest BCUT2D eigenvalue weighted by atomic mass is 79.9. The molecule has 4 N–H and O–H groups in total. The zero-order valence-electron chi connectivity index (χ0n) is 14.7. The van der Waals surface area contributed by atoms with Gasteiger partial charge in [-0.1, -0.05) is 30.3 Å². The highest BCUT2D eigenvalue weighted by Crippen LogP contribution is 2.36. The predicted molar refractivity (Wildman–Crippen MR) is 116 cm³/mol. The van der Waals surface area contributed by atoms with E-state index in [0.717, 1.165) is 39.0 Å². The molecule has 0 bridgehead atoms. The summed E-state index contributed by atoms with van der Waals surface area (Å²) in [5.41, 5.74) is 17.7. The minimum Gasteiger partial charge on any atom is -0.399 e. The summed E-state index contributed by atoms with van der Waals surface area (Å²) in [4.78, 5) is 8.86. The molecule has 3 aromatic carbocycles. The third kappa shape index (κ3) is 3.31. The fourth-order valence-electron chi connectivity index (χ4n) is 3.08. The number of fused-ring (bicyclic) bond motifs is 1. The molecule has 134 valence electrons. The third-order valence-corrected chi connectivity index (χ3v) is 5.18. The molecule has 0 aliphatic rings. The second-order valence-corrected chi connectivity index (χ2v) is 7.04. The number of benzene rings is 3. The number of hydrogen-bond acceptors (Lipinski definition) is 5. The number of anilines is 4. The highest BCUT2D eigenvalue weighted by Gasteiger charge is 2.15. The maximum absolute atomic E-state index is 5.99. The Morgan fingerprint density at radius 1 is 0.889 bits per heavy atom. The summed E-state index contributed by atoms with van der Waals surface area (Å²) >= 11 is 3.62. The van der Waals surface area contributed by atoms with Crippen molar-refractivity contribution >= 4 is 50.2 Å².